The predicted molar refractivity (Wildman–Crippen MR) is 78.4 cm³/mol. The van der Waals surface area contributed by atoms with Crippen molar-refractivity contribution < 1.29 is 0 Å². The molecule has 1 N–H and O–H groups in total. The van der Waals surface area contributed by atoms with E-state index >= 15 is 0 Å². The molecule has 2 heteroatoms. The fraction of sp³-hybridized carbons (Fsp3) is 0.625. The summed E-state index contributed by atoms with van der Waals surface area (Å²) < 4.78 is 0. The lowest BCUT2D eigenvalue weighted by molar-refractivity contribution is 0.494. The van der Waals surface area contributed by atoms with Gasteiger partial charge in [0.05, 0.1) is 0 Å². The second kappa shape index (κ2) is 4.49. The number of anilines is 2. The third-order valence-electron chi connectivity index (χ3n) is 4.69. The monoisotopic (exact) mass is 244 g/mol. The molecule has 2 heterocycles. The van der Waals surface area contributed by atoms with Crippen molar-refractivity contribution in [1.29, 1.82) is 0 Å². The average molecular weight is 244 g/mol. The summed E-state index contributed by atoms with van der Waals surface area (Å²) in [7, 11) is 0. The Balaban J connectivity index is 1.83. The molecule has 3 atom stereocenters. The molecular formula is C16H24N2. The van der Waals surface area contributed by atoms with Crippen molar-refractivity contribution in [3.05, 3.63) is 23.8 Å². The number of hydrogen-bond acceptors (Lipinski definition) is 2. The summed E-state index contributed by atoms with van der Waals surface area (Å²) >= 11 is 0. The third kappa shape index (κ3) is 2.09. The summed E-state index contributed by atoms with van der Waals surface area (Å²) in [4.78, 5) is 2.55. The summed E-state index contributed by atoms with van der Waals surface area (Å²) in [6, 6.07) is 7.58. The maximum atomic E-state index is 3.58. The Morgan fingerprint density at radius 3 is 2.56 bits per heavy atom. The molecule has 2 aliphatic heterocycles. The Morgan fingerprint density at radius 1 is 1.11 bits per heavy atom. The lowest BCUT2D eigenvalue weighted by atomic mass is 9.98. The highest BCUT2D eigenvalue weighted by atomic mass is 15.2. The smallest absolute Gasteiger partial charge is 0.0376 e. The van der Waals surface area contributed by atoms with Gasteiger partial charge in [0.2, 0.25) is 0 Å². The zero-order chi connectivity index (χ0) is 12.7. The highest BCUT2D eigenvalue weighted by Crippen LogP contribution is 2.32. The van der Waals surface area contributed by atoms with Gasteiger partial charge in [-0.25, -0.2) is 0 Å². The molecule has 0 aromatic heterocycles. The van der Waals surface area contributed by atoms with E-state index in [1.165, 1.54) is 42.9 Å². The highest BCUT2D eigenvalue weighted by molar-refractivity contribution is 5.62. The zero-order valence-corrected chi connectivity index (χ0v) is 11.7. The minimum atomic E-state index is 0.621. The Morgan fingerprint density at radius 2 is 1.83 bits per heavy atom. The maximum Gasteiger partial charge on any atom is 0.0376 e. The number of benzene rings is 1. The minimum Gasteiger partial charge on any atom is -0.382 e. The van der Waals surface area contributed by atoms with E-state index in [9.17, 15) is 0 Å². The fourth-order valence-electron chi connectivity index (χ4n) is 3.17. The van der Waals surface area contributed by atoms with Gasteiger partial charge in [-0.2, -0.15) is 0 Å². The van der Waals surface area contributed by atoms with E-state index in [-0.39, 0.29) is 0 Å². The molecule has 3 rings (SSSR count). The molecule has 0 amide bonds. The largest absolute Gasteiger partial charge is 0.382 e. The summed E-state index contributed by atoms with van der Waals surface area (Å²) in [6.45, 7) is 9.42. The summed E-state index contributed by atoms with van der Waals surface area (Å²) in [6.07, 6.45) is 2.47. The SMILES string of the molecule is CC1CCc2cc(N3CC(C)C(C)C3)ccc2N1. The van der Waals surface area contributed by atoms with Crippen LogP contribution in [-0.4, -0.2) is 19.1 Å². The maximum absolute atomic E-state index is 3.58. The zero-order valence-electron chi connectivity index (χ0n) is 11.7. The van der Waals surface area contributed by atoms with Crippen molar-refractivity contribution in [3.8, 4) is 0 Å². The van der Waals surface area contributed by atoms with Crippen LogP contribution < -0.4 is 10.2 Å². The molecule has 1 fully saturated rings. The third-order valence-corrected chi connectivity index (χ3v) is 4.69. The average Bonchev–Trinajstić information content (AvgIpc) is 2.69. The number of hydrogen-bond donors (Lipinski definition) is 1. The molecule has 0 saturated carbocycles. The Labute approximate surface area is 110 Å². The van der Waals surface area contributed by atoms with Gasteiger partial charge in [0.1, 0.15) is 0 Å². The molecule has 2 nitrogen and oxygen atoms in total. The second-order valence-corrected chi connectivity index (χ2v) is 6.29. The van der Waals surface area contributed by atoms with E-state index in [4.69, 9.17) is 0 Å². The second-order valence-electron chi connectivity index (χ2n) is 6.29. The summed E-state index contributed by atoms with van der Waals surface area (Å²) in [5.74, 6) is 1.64. The first kappa shape index (κ1) is 11.9. The summed E-state index contributed by atoms with van der Waals surface area (Å²) in [5.41, 5.74) is 4.26. The van der Waals surface area contributed by atoms with Crippen LogP contribution in [-0.2, 0) is 6.42 Å². The van der Waals surface area contributed by atoms with E-state index < -0.39 is 0 Å². The number of rotatable bonds is 1. The molecule has 0 aliphatic carbocycles. The number of aryl methyl sites for hydroxylation is 1. The van der Waals surface area contributed by atoms with Crippen molar-refractivity contribution in [3.63, 3.8) is 0 Å². The van der Waals surface area contributed by atoms with Crippen molar-refractivity contribution >= 4 is 11.4 Å². The normalized spacial score (nSPS) is 31.1. The number of nitrogens with zero attached hydrogens (tertiary/aromatic N) is 1. The van der Waals surface area contributed by atoms with Gasteiger partial charge in [-0.3, -0.25) is 0 Å². The highest BCUT2D eigenvalue weighted by Gasteiger charge is 2.26. The molecule has 0 radical (unpaired) electrons. The topological polar surface area (TPSA) is 15.3 Å². The van der Waals surface area contributed by atoms with Crippen LogP contribution in [0.25, 0.3) is 0 Å². The van der Waals surface area contributed by atoms with Crippen LogP contribution in [0.1, 0.15) is 32.8 Å². The van der Waals surface area contributed by atoms with Crippen LogP contribution >= 0.6 is 0 Å². The Bertz CT molecular complexity index is 431. The lowest BCUT2D eigenvalue weighted by Gasteiger charge is -2.26. The predicted octanol–water partition coefficient (Wildman–Crippen LogP) is 3.53. The molecule has 3 unspecified atom stereocenters. The molecule has 98 valence electrons. The fourth-order valence-corrected chi connectivity index (χ4v) is 3.17. The van der Waals surface area contributed by atoms with Crippen LogP contribution in [0.2, 0.25) is 0 Å². The van der Waals surface area contributed by atoms with E-state index in [0.717, 1.165) is 11.8 Å². The van der Waals surface area contributed by atoms with Crippen LogP contribution in [0.3, 0.4) is 0 Å². The van der Waals surface area contributed by atoms with Gasteiger partial charge in [-0.1, -0.05) is 13.8 Å². The van der Waals surface area contributed by atoms with Gasteiger partial charge >= 0.3 is 0 Å². The first-order chi connectivity index (χ1) is 8.63. The van der Waals surface area contributed by atoms with Crippen LogP contribution in [0.15, 0.2) is 18.2 Å². The van der Waals surface area contributed by atoms with E-state index in [1.807, 2.05) is 0 Å². The number of nitrogens with one attached hydrogen (secondary N) is 1. The molecule has 18 heavy (non-hydrogen) atoms. The Kier molecular flexibility index (Phi) is 2.96. The van der Waals surface area contributed by atoms with Crippen LogP contribution in [0.4, 0.5) is 11.4 Å². The molecule has 0 spiro atoms. The van der Waals surface area contributed by atoms with Crippen LogP contribution in [0, 0.1) is 11.8 Å². The molecule has 1 aromatic carbocycles. The van der Waals surface area contributed by atoms with Gasteiger partial charge < -0.3 is 10.2 Å². The van der Waals surface area contributed by atoms with Gasteiger partial charge in [-0.15, -0.1) is 0 Å². The standard InChI is InChI=1S/C16H24N2/c1-11-9-18(10-12(11)2)15-6-7-16-14(8-15)5-4-13(3)17-16/h6-8,11-13,17H,4-5,9-10H2,1-3H3. The Hall–Kier alpha value is -1.18. The molecule has 1 aromatic rings. The summed E-state index contributed by atoms with van der Waals surface area (Å²) in [5, 5.41) is 3.58. The first-order valence-electron chi connectivity index (χ1n) is 7.28. The van der Waals surface area contributed by atoms with Crippen molar-refractivity contribution in [2.45, 2.75) is 39.7 Å². The molecular weight excluding hydrogens is 220 g/mol. The number of fused-ring (bicyclic) bond motifs is 1. The van der Waals surface area contributed by atoms with Gasteiger partial charge in [0, 0.05) is 30.5 Å². The van der Waals surface area contributed by atoms with Crippen molar-refractivity contribution in [2.75, 3.05) is 23.3 Å². The van der Waals surface area contributed by atoms with Crippen molar-refractivity contribution in [2.24, 2.45) is 11.8 Å². The van der Waals surface area contributed by atoms with Gasteiger partial charge in [0.25, 0.3) is 0 Å². The molecule has 0 bridgehead atoms. The first-order valence-corrected chi connectivity index (χ1v) is 7.28. The van der Waals surface area contributed by atoms with Crippen LogP contribution in [0.5, 0.6) is 0 Å². The minimum absolute atomic E-state index is 0.621. The van der Waals surface area contributed by atoms with Crippen molar-refractivity contribution in [1.82, 2.24) is 0 Å². The van der Waals surface area contributed by atoms with E-state index in [1.54, 1.807) is 0 Å². The van der Waals surface area contributed by atoms with E-state index in [2.05, 4.69) is 49.2 Å². The van der Waals surface area contributed by atoms with Gasteiger partial charge in [-0.05, 0) is 55.4 Å². The van der Waals surface area contributed by atoms with Gasteiger partial charge in [0.15, 0.2) is 0 Å². The quantitative estimate of drug-likeness (QED) is 0.813. The molecule has 2 aliphatic rings. The lowest BCUT2D eigenvalue weighted by Crippen LogP contribution is -2.23. The van der Waals surface area contributed by atoms with E-state index in [0.29, 0.717) is 6.04 Å². The molecule has 1 saturated heterocycles.